The average Bonchev–Trinajstić information content (AvgIpc) is 3.13. The molecule has 0 saturated heterocycles. The number of nitrogens with one attached hydrogen (secondary N) is 3. The summed E-state index contributed by atoms with van der Waals surface area (Å²) in [6.45, 7) is 5.64. The summed E-state index contributed by atoms with van der Waals surface area (Å²) < 4.78 is 21.1. The first-order valence-corrected chi connectivity index (χ1v) is 17.6. The zero-order chi connectivity index (χ0) is 38.9. The highest BCUT2D eigenvalue weighted by molar-refractivity contribution is 5.94. The minimum Gasteiger partial charge on any atom is -0.508 e. The van der Waals surface area contributed by atoms with Crippen LogP contribution < -0.4 is 25.4 Å². The van der Waals surface area contributed by atoms with Gasteiger partial charge < -0.3 is 45.1 Å². The Kier molecular flexibility index (Phi) is 16.8. The van der Waals surface area contributed by atoms with Crippen LogP contribution in [0, 0.1) is 5.92 Å². The van der Waals surface area contributed by atoms with Crippen LogP contribution in [0.15, 0.2) is 60.7 Å². The normalized spacial score (nSPS) is 13.3. The number of carbonyl (C=O) groups is 5. The SMILES string of the molecule is COC(=O)CCCOc1ccc2ccc(OCCCC(=O)N[C@H](C(=O)N[C@@H](CC(C)C)C(=O)N[C@@H](Cc3ccc(O)cc3)C(=O)OC)[C@@H](C)O)cc2c1. The summed E-state index contributed by atoms with van der Waals surface area (Å²) in [5.41, 5.74) is 0.660. The Morgan fingerprint density at radius 3 is 1.83 bits per heavy atom. The van der Waals surface area contributed by atoms with Crippen LogP contribution in [-0.2, 0) is 39.9 Å². The third-order valence-electron chi connectivity index (χ3n) is 8.22. The maximum atomic E-state index is 13.4. The van der Waals surface area contributed by atoms with Gasteiger partial charge in [0, 0.05) is 19.3 Å². The van der Waals surface area contributed by atoms with Gasteiger partial charge in [-0.3, -0.25) is 19.2 Å². The summed E-state index contributed by atoms with van der Waals surface area (Å²) in [7, 11) is 2.54. The van der Waals surface area contributed by atoms with Gasteiger partial charge in [-0.05, 0) is 84.8 Å². The lowest BCUT2D eigenvalue weighted by Gasteiger charge is -2.27. The van der Waals surface area contributed by atoms with E-state index in [1.807, 2.05) is 50.2 Å². The van der Waals surface area contributed by atoms with Gasteiger partial charge in [-0.25, -0.2) is 4.79 Å². The molecule has 3 aromatic rings. The number of hydrogen-bond acceptors (Lipinski definition) is 11. The van der Waals surface area contributed by atoms with Gasteiger partial charge in [-0.1, -0.05) is 38.1 Å². The number of hydrogen-bond donors (Lipinski definition) is 5. The van der Waals surface area contributed by atoms with Crippen LogP contribution in [0.1, 0.15) is 58.4 Å². The van der Waals surface area contributed by atoms with Crippen LogP contribution >= 0.6 is 0 Å². The zero-order valence-corrected chi connectivity index (χ0v) is 30.9. The van der Waals surface area contributed by atoms with Gasteiger partial charge in [0.25, 0.3) is 0 Å². The van der Waals surface area contributed by atoms with Crippen LogP contribution in [0.25, 0.3) is 10.8 Å². The Labute approximate surface area is 309 Å². The second-order valence-electron chi connectivity index (χ2n) is 13.1. The lowest BCUT2D eigenvalue weighted by Crippen LogP contribution is -2.58. The molecule has 14 nitrogen and oxygen atoms in total. The Hall–Kier alpha value is -5.37. The number of aliphatic hydroxyl groups is 1. The molecule has 0 spiro atoms. The molecule has 0 aliphatic rings. The number of benzene rings is 3. The Morgan fingerprint density at radius 2 is 1.28 bits per heavy atom. The fourth-order valence-corrected chi connectivity index (χ4v) is 5.40. The minimum absolute atomic E-state index is 0.00161. The molecule has 14 heteroatoms. The molecule has 4 atom stereocenters. The molecule has 0 aliphatic heterocycles. The third-order valence-corrected chi connectivity index (χ3v) is 8.22. The second-order valence-corrected chi connectivity index (χ2v) is 13.1. The Balaban J connectivity index is 1.54. The molecule has 3 rings (SSSR count). The number of fused-ring (bicyclic) bond motifs is 1. The van der Waals surface area contributed by atoms with Crippen LogP contribution in [0.5, 0.6) is 17.2 Å². The lowest BCUT2D eigenvalue weighted by molar-refractivity contribution is -0.145. The minimum atomic E-state index is -1.35. The maximum Gasteiger partial charge on any atom is 0.328 e. The van der Waals surface area contributed by atoms with Crippen LogP contribution in [0.3, 0.4) is 0 Å². The number of aliphatic hydroxyl groups excluding tert-OH is 1. The molecular weight excluding hydrogens is 686 g/mol. The van der Waals surface area contributed by atoms with E-state index in [0.29, 0.717) is 36.5 Å². The van der Waals surface area contributed by atoms with Gasteiger partial charge in [-0.15, -0.1) is 0 Å². The topological polar surface area (TPSA) is 199 Å². The van der Waals surface area contributed by atoms with E-state index in [4.69, 9.17) is 14.2 Å². The molecule has 53 heavy (non-hydrogen) atoms. The largest absolute Gasteiger partial charge is 0.508 e. The highest BCUT2D eigenvalue weighted by Crippen LogP contribution is 2.25. The van der Waals surface area contributed by atoms with Crippen molar-refractivity contribution in [2.24, 2.45) is 5.92 Å². The summed E-state index contributed by atoms with van der Waals surface area (Å²) in [6, 6.07) is 13.9. The predicted octanol–water partition coefficient (Wildman–Crippen LogP) is 3.33. The van der Waals surface area contributed by atoms with Gasteiger partial charge in [0.1, 0.15) is 35.4 Å². The number of aromatic hydroxyl groups is 1. The van der Waals surface area contributed by atoms with Gasteiger partial charge in [0.2, 0.25) is 17.7 Å². The van der Waals surface area contributed by atoms with Crippen molar-refractivity contribution in [3.63, 3.8) is 0 Å². The zero-order valence-electron chi connectivity index (χ0n) is 30.9. The molecule has 0 radical (unpaired) electrons. The van der Waals surface area contributed by atoms with E-state index in [1.165, 1.54) is 33.3 Å². The first-order valence-electron chi connectivity index (χ1n) is 17.6. The van der Waals surface area contributed by atoms with Crippen LogP contribution in [0.4, 0.5) is 0 Å². The number of amides is 3. The summed E-state index contributed by atoms with van der Waals surface area (Å²) in [6.07, 6.45) is 0.126. The van der Waals surface area contributed by atoms with Crippen molar-refractivity contribution >= 4 is 40.4 Å². The number of carbonyl (C=O) groups excluding carboxylic acids is 5. The van der Waals surface area contributed by atoms with E-state index in [2.05, 4.69) is 20.7 Å². The molecule has 0 heterocycles. The number of esters is 2. The summed E-state index contributed by atoms with van der Waals surface area (Å²) in [5.74, 6) is -1.62. The molecule has 3 amide bonds. The molecule has 0 saturated carbocycles. The predicted molar refractivity (Wildman–Crippen MR) is 196 cm³/mol. The average molecular weight is 738 g/mol. The quantitative estimate of drug-likeness (QED) is 0.0794. The standard InChI is InChI=1S/C39H51N3O11/c1-24(2)20-32(37(47)41-33(39(49)51-5)21-26-10-14-29(44)15-11-26)40-38(48)36(25(3)43)42-34(45)8-6-18-52-30-16-12-27-13-17-31(23-28(27)22-30)53-19-7-9-35(46)50-4/h10-17,22-25,32-33,36,43-44H,6-9,18-21H2,1-5H3,(H,40,48)(H,41,47)(H,42,45)/t25-,32+,33+,36+/m1/s1. The number of phenols is 1. The molecule has 3 aromatic carbocycles. The Bertz CT molecular complexity index is 1680. The van der Waals surface area contributed by atoms with Crippen molar-refractivity contribution in [1.82, 2.24) is 16.0 Å². The lowest BCUT2D eigenvalue weighted by atomic mass is 10.0. The molecular formula is C39H51N3O11. The monoisotopic (exact) mass is 737 g/mol. The van der Waals surface area contributed by atoms with Crippen molar-refractivity contribution in [3.8, 4) is 17.2 Å². The smallest absolute Gasteiger partial charge is 0.328 e. The number of methoxy groups -OCH3 is 2. The molecule has 0 bridgehead atoms. The highest BCUT2D eigenvalue weighted by Gasteiger charge is 2.32. The van der Waals surface area contributed by atoms with Gasteiger partial charge >= 0.3 is 11.9 Å². The van der Waals surface area contributed by atoms with Crippen molar-refractivity contribution in [3.05, 3.63) is 66.2 Å². The Morgan fingerprint density at radius 1 is 0.698 bits per heavy atom. The summed E-state index contributed by atoms with van der Waals surface area (Å²) in [5, 5.41) is 29.7. The van der Waals surface area contributed by atoms with E-state index in [0.717, 1.165) is 10.8 Å². The van der Waals surface area contributed by atoms with Crippen molar-refractivity contribution in [2.75, 3.05) is 27.4 Å². The molecule has 0 aromatic heterocycles. The second kappa shape index (κ2) is 21.2. The number of rotatable bonds is 21. The first kappa shape index (κ1) is 42.0. The molecule has 0 fully saturated rings. The van der Waals surface area contributed by atoms with Gasteiger partial charge in [0.15, 0.2) is 0 Å². The van der Waals surface area contributed by atoms with E-state index in [-0.39, 0.29) is 49.9 Å². The van der Waals surface area contributed by atoms with Crippen molar-refractivity contribution in [2.45, 2.75) is 83.5 Å². The summed E-state index contributed by atoms with van der Waals surface area (Å²) >= 11 is 0. The fraction of sp³-hybridized carbons (Fsp3) is 0.462. The highest BCUT2D eigenvalue weighted by atomic mass is 16.5. The van der Waals surface area contributed by atoms with E-state index in [1.54, 1.807) is 12.1 Å². The fourth-order valence-electron chi connectivity index (χ4n) is 5.40. The summed E-state index contributed by atoms with van der Waals surface area (Å²) in [4.78, 5) is 63.4. The molecule has 5 N–H and O–H groups in total. The molecule has 0 unspecified atom stereocenters. The van der Waals surface area contributed by atoms with Gasteiger partial charge in [0.05, 0.1) is 33.5 Å². The first-order chi connectivity index (χ1) is 25.3. The number of ether oxygens (including phenoxy) is 4. The van der Waals surface area contributed by atoms with Crippen LogP contribution in [-0.4, -0.2) is 91.5 Å². The van der Waals surface area contributed by atoms with E-state index < -0.39 is 47.9 Å². The van der Waals surface area contributed by atoms with Gasteiger partial charge in [-0.2, -0.15) is 0 Å². The maximum absolute atomic E-state index is 13.4. The molecule has 0 aliphatic carbocycles. The van der Waals surface area contributed by atoms with Crippen molar-refractivity contribution in [1.29, 1.82) is 0 Å². The third kappa shape index (κ3) is 14.3. The van der Waals surface area contributed by atoms with Crippen molar-refractivity contribution < 1.29 is 53.1 Å². The molecule has 288 valence electrons. The van der Waals surface area contributed by atoms with Crippen LogP contribution in [0.2, 0.25) is 0 Å². The number of phenolic OH excluding ortho intramolecular Hbond substituents is 1. The van der Waals surface area contributed by atoms with E-state index >= 15 is 0 Å². The van der Waals surface area contributed by atoms with E-state index in [9.17, 15) is 34.2 Å².